The summed E-state index contributed by atoms with van der Waals surface area (Å²) in [5, 5.41) is -0.213. The van der Waals surface area contributed by atoms with Crippen LogP contribution in [-0.4, -0.2) is 61.7 Å². The Bertz CT molecular complexity index is 663. The molecule has 7 heteroatoms. The van der Waals surface area contributed by atoms with Crippen molar-refractivity contribution in [3.63, 3.8) is 0 Å². The van der Waals surface area contributed by atoms with Gasteiger partial charge in [0.05, 0.1) is 20.0 Å². The summed E-state index contributed by atoms with van der Waals surface area (Å²) in [7, 11) is 6.64. The van der Waals surface area contributed by atoms with Gasteiger partial charge in [-0.3, -0.25) is 9.59 Å². The van der Waals surface area contributed by atoms with Crippen molar-refractivity contribution in [3.05, 3.63) is 23.8 Å². The number of carbonyl (C=O) groups is 2. The van der Waals surface area contributed by atoms with E-state index in [0.717, 1.165) is 5.56 Å². The van der Waals surface area contributed by atoms with Crippen LogP contribution in [0.25, 0.3) is 0 Å². The number of amides is 2. The second-order valence-electron chi connectivity index (χ2n) is 6.96. The Kier molecular flexibility index (Phi) is 6.81. The van der Waals surface area contributed by atoms with Gasteiger partial charge in [-0.1, -0.05) is 19.9 Å². The molecule has 0 aromatic heterocycles. The molecule has 1 aromatic rings. The number of carbonyl (C=O) groups excluding carboxylic acids is 2. The number of ether oxygens (including phenoxy) is 2. The minimum absolute atomic E-state index is 0.00404. The maximum atomic E-state index is 12.8. The van der Waals surface area contributed by atoms with Gasteiger partial charge in [0.25, 0.3) is 0 Å². The van der Waals surface area contributed by atoms with Crippen LogP contribution in [0, 0.1) is 5.92 Å². The van der Waals surface area contributed by atoms with Gasteiger partial charge < -0.3 is 19.3 Å². The number of nitrogens with zero attached hydrogens (tertiary/aromatic N) is 2. The van der Waals surface area contributed by atoms with Gasteiger partial charge in [-0.25, -0.2) is 0 Å². The molecule has 144 valence electrons. The third-order valence-electron chi connectivity index (χ3n) is 4.35. The Labute approximate surface area is 159 Å². The molecule has 1 heterocycles. The summed E-state index contributed by atoms with van der Waals surface area (Å²) in [6, 6.07) is 5.18. The number of thioether (sulfide) groups is 1. The molecule has 2 rings (SSSR count). The third kappa shape index (κ3) is 4.26. The second kappa shape index (κ2) is 8.66. The Morgan fingerprint density at radius 3 is 2.46 bits per heavy atom. The summed E-state index contributed by atoms with van der Waals surface area (Å²) in [6.07, 6.45) is 0.632. The lowest BCUT2D eigenvalue weighted by atomic mass is 10.00. The van der Waals surface area contributed by atoms with Crippen molar-refractivity contribution in [1.82, 2.24) is 9.80 Å². The lowest BCUT2D eigenvalue weighted by Crippen LogP contribution is -2.48. The number of hydrogen-bond acceptors (Lipinski definition) is 5. The molecule has 0 spiro atoms. The maximum Gasteiger partial charge on any atom is 0.244 e. The first-order chi connectivity index (χ1) is 12.3. The first-order valence-corrected chi connectivity index (χ1v) is 9.70. The van der Waals surface area contributed by atoms with Gasteiger partial charge in [0.15, 0.2) is 11.5 Å². The fourth-order valence-corrected chi connectivity index (χ4v) is 4.33. The molecule has 0 radical (unpaired) electrons. The van der Waals surface area contributed by atoms with Gasteiger partial charge in [-0.05, 0) is 30.0 Å². The van der Waals surface area contributed by atoms with Crippen LogP contribution in [0.1, 0.15) is 31.2 Å². The molecule has 1 fully saturated rings. The highest BCUT2D eigenvalue weighted by atomic mass is 32.2. The highest BCUT2D eigenvalue weighted by molar-refractivity contribution is 8.00. The van der Waals surface area contributed by atoms with E-state index < -0.39 is 6.04 Å². The average molecular weight is 381 g/mol. The van der Waals surface area contributed by atoms with Gasteiger partial charge in [0.1, 0.15) is 11.4 Å². The summed E-state index contributed by atoms with van der Waals surface area (Å²) in [5.74, 6) is 1.88. The molecule has 1 aliphatic heterocycles. The minimum Gasteiger partial charge on any atom is -0.493 e. The van der Waals surface area contributed by atoms with E-state index in [1.54, 1.807) is 38.1 Å². The van der Waals surface area contributed by atoms with Crippen LogP contribution in [0.3, 0.4) is 0 Å². The van der Waals surface area contributed by atoms with Crippen LogP contribution in [-0.2, 0) is 9.59 Å². The molecule has 0 bridgehead atoms. The Morgan fingerprint density at radius 1 is 1.27 bits per heavy atom. The number of rotatable bonds is 7. The van der Waals surface area contributed by atoms with Crippen LogP contribution in [0.15, 0.2) is 18.2 Å². The molecule has 0 unspecified atom stereocenters. The zero-order chi connectivity index (χ0) is 19.4. The van der Waals surface area contributed by atoms with Crippen molar-refractivity contribution in [1.29, 1.82) is 0 Å². The van der Waals surface area contributed by atoms with Crippen molar-refractivity contribution in [2.24, 2.45) is 5.92 Å². The molecule has 6 nitrogen and oxygen atoms in total. The summed E-state index contributed by atoms with van der Waals surface area (Å²) in [6.45, 7) is 4.13. The molecule has 0 saturated carbocycles. The topological polar surface area (TPSA) is 59.1 Å². The standard InChI is InChI=1S/C19H28N2O4S/c1-12(2)9-14(18(23)20(3)4)21-17(22)11-26-19(21)13-7-8-15(24-5)16(10-13)25-6/h7-8,10,12,14,19H,9,11H2,1-6H3/t14-,19+/m1/s1. The minimum atomic E-state index is -0.467. The number of likely N-dealkylation sites (N-methyl/N-ethyl adjacent to an activating group) is 1. The van der Waals surface area contributed by atoms with E-state index in [4.69, 9.17) is 9.47 Å². The van der Waals surface area contributed by atoms with Gasteiger partial charge in [-0.2, -0.15) is 0 Å². The van der Waals surface area contributed by atoms with Gasteiger partial charge in [0.2, 0.25) is 11.8 Å². The number of methoxy groups -OCH3 is 2. The molecule has 0 aliphatic carbocycles. The van der Waals surface area contributed by atoms with E-state index in [1.165, 1.54) is 11.8 Å². The summed E-state index contributed by atoms with van der Waals surface area (Å²) in [5.41, 5.74) is 0.929. The second-order valence-corrected chi connectivity index (χ2v) is 8.03. The van der Waals surface area contributed by atoms with E-state index in [1.807, 2.05) is 18.2 Å². The molecular formula is C19H28N2O4S. The molecule has 2 amide bonds. The molecule has 2 atom stereocenters. The largest absolute Gasteiger partial charge is 0.493 e. The highest BCUT2D eigenvalue weighted by Gasteiger charge is 2.41. The summed E-state index contributed by atoms with van der Waals surface area (Å²) < 4.78 is 10.7. The van der Waals surface area contributed by atoms with Gasteiger partial charge in [0, 0.05) is 14.1 Å². The number of hydrogen-bond donors (Lipinski definition) is 0. The fourth-order valence-electron chi connectivity index (χ4n) is 3.11. The average Bonchev–Trinajstić information content (AvgIpc) is 2.99. The van der Waals surface area contributed by atoms with Crippen molar-refractivity contribution < 1.29 is 19.1 Å². The van der Waals surface area contributed by atoms with Crippen molar-refractivity contribution in [2.45, 2.75) is 31.7 Å². The van der Waals surface area contributed by atoms with Crippen LogP contribution >= 0.6 is 11.8 Å². The quantitative estimate of drug-likeness (QED) is 0.728. The number of benzene rings is 1. The predicted octanol–water partition coefficient (Wildman–Crippen LogP) is 2.78. The molecule has 26 heavy (non-hydrogen) atoms. The van der Waals surface area contributed by atoms with Crippen LogP contribution < -0.4 is 9.47 Å². The first-order valence-electron chi connectivity index (χ1n) is 8.66. The maximum absolute atomic E-state index is 12.8. The normalized spacial score (nSPS) is 18.2. The van der Waals surface area contributed by atoms with E-state index in [9.17, 15) is 9.59 Å². The van der Waals surface area contributed by atoms with Crippen molar-refractivity contribution in [2.75, 3.05) is 34.1 Å². The Hall–Kier alpha value is -1.89. The first kappa shape index (κ1) is 20.4. The molecule has 0 N–H and O–H groups in total. The van der Waals surface area contributed by atoms with Crippen molar-refractivity contribution >= 4 is 23.6 Å². The highest BCUT2D eigenvalue weighted by Crippen LogP contribution is 2.43. The Balaban J connectivity index is 2.41. The van der Waals surface area contributed by atoms with Crippen LogP contribution in [0.5, 0.6) is 11.5 Å². The van der Waals surface area contributed by atoms with Crippen LogP contribution in [0.4, 0.5) is 0 Å². The van der Waals surface area contributed by atoms with Crippen molar-refractivity contribution in [3.8, 4) is 11.5 Å². The molecule has 1 aromatic carbocycles. The fraction of sp³-hybridized carbons (Fsp3) is 0.579. The monoisotopic (exact) mass is 380 g/mol. The molecular weight excluding hydrogens is 352 g/mol. The zero-order valence-corrected chi connectivity index (χ0v) is 17.1. The third-order valence-corrected chi connectivity index (χ3v) is 5.58. The molecule has 1 aliphatic rings. The van der Waals surface area contributed by atoms with Gasteiger partial charge >= 0.3 is 0 Å². The van der Waals surface area contributed by atoms with Gasteiger partial charge in [-0.15, -0.1) is 11.8 Å². The smallest absolute Gasteiger partial charge is 0.244 e. The lowest BCUT2D eigenvalue weighted by Gasteiger charge is -2.34. The summed E-state index contributed by atoms with van der Waals surface area (Å²) >= 11 is 1.54. The SMILES string of the molecule is COc1ccc([C@@H]2SCC(=O)N2[C@H](CC(C)C)C(=O)N(C)C)cc1OC. The molecule has 1 saturated heterocycles. The van der Waals surface area contributed by atoms with E-state index in [0.29, 0.717) is 29.6 Å². The summed E-state index contributed by atoms with van der Waals surface area (Å²) in [4.78, 5) is 28.8. The predicted molar refractivity (Wildman–Crippen MR) is 104 cm³/mol. The zero-order valence-electron chi connectivity index (χ0n) is 16.3. The van der Waals surface area contributed by atoms with Crippen LogP contribution in [0.2, 0.25) is 0 Å². The Morgan fingerprint density at radius 2 is 1.92 bits per heavy atom. The van der Waals surface area contributed by atoms with E-state index >= 15 is 0 Å². The lowest BCUT2D eigenvalue weighted by molar-refractivity contribution is -0.143. The van der Waals surface area contributed by atoms with E-state index in [2.05, 4.69) is 13.8 Å². The van der Waals surface area contributed by atoms with E-state index in [-0.39, 0.29) is 17.2 Å².